The lowest BCUT2D eigenvalue weighted by Gasteiger charge is -2.32. The number of carboxylic acids is 1. The third-order valence-electron chi connectivity index (χ3n) is 6.13. The molecule has 0 atom stereocenters. The lowest BCUT2D eigenvalue weighted by atomic mass is 9.74. The van der Waals surface area contributed by atoms with Crippen molar-refractivity contribution in [3.63, 3.8) is 0 Å². The van der Waals surface area contributed by atoms with Crippen LogP contribution in [0.15, 0.2) is 24.3 Å². The highest BCUT2D eigenvalue weighted by Gasteiger charge is 2.34. The molecule has 2 N–H and O–H groups in total. The van der Waals surface area contributed by atoms with Gasteiger partial charge in [0.25, 0.3) is 5.91 Å². The second kappa shape index (κ2) is 10.5. The predicted octanol–water partition coefficient (Wildman–Crippen LogP) is 5.28. The van der Waals surface area contributed by atoms with Gasteiger partial charge in [-0.3, -0.25) is 14.4 Å². The van der Waals surface area contributed by atoms with Crippen molar-refractivity contribution < 1.29 is 24.2 Å². The Morgan fingerprint density at radius 3 is 2.18 bits per heavy atom. The van der Waals surface area contributed by atoms with Crippen molar-refractivity contribution in [1.29, 1.82) is 0 Å². The van der Waals surface area contributed by atoms with Crippen LogP contribution in [-0.4, -0.2) is 35.9 Å². The predicted molar refractivity (Wildman–Crippen MR) is 132 cm³/mol. The molecule has 0 fully saturated rings. The number of carbonyl (C=O) groups excluding carboxylic acids is 2. The highest BCUT2D eigenvalue weighted by Crippen LogP contribution is 2.44. The summed E-state index contributed by atoms with van der Waals surface area (Å²) < 4.78 is 5.82. The Kier molecular flexibility index (Phi) is 8.46. The number of hydrogen-bond donors (Lipinski definition) is 2. The number of ether oxygens (including phenoxy) is 1. The van der Waals surface area contributed by atoms with Crippen LogP contribution < -0.4 is 10.1 Å². The smallest absolute Gasteiger partial charge is 0.322 e. The molecule has 0 radical (unpaired) electrons. The molecule has 7 heteroatoms. The van der Waals surface area contributed by atoms with E-state index in [0.29, 0.717) is 10.6 Å². The van der Waals surface area contributed by atoms with Crippen LogP contribution in [0.5, 0.6) is 5.75 Å². The largest absolute Gasteiger partial charge is 0.486 e. The van der Waals surface area contributed by atoms with Crippen LogP contribution in [0.3, 0.4) is 0 Å². The van der Waals surface area contributed by atoms with Crippen LogP contribution in [0.2, 0.25) is 0 Å². The third kappa shape index (κ3) is 6.02. The highest BCUT2D eigenvalue weighted by molar-refractivity contribution is 7.14. The number of ketones is 1. The van der Waals surface area contributed by atoms with Gasteiger partial charge >= 0.3 is 5.97 Å². The minimum absolute atomic E-state index is 0.0370. The first-order chi connectivity index (χ1) is 15.4. The second-order valence-corrected chi connectivity index (χ2v) is 10.5. The number of nitrogens with one attached hydrogen (secondary N) is 1. The molecule has 2 rings (SSSR count). The number of hydrogen-bond acceptors (Lipinski definition) is 5. The van der Waals surface area contributed by atoms with Gasteiger partial charge in [-0.05, 0) is 55.5 Å². The maximum absolute atomic E-state index is 12.5. The summed E-state index contributed by atoms with van der Waals surface area (Å²) >= 11 is 1.42. The molecule has 1 heterocycles. The van der Waals surface area contributed by atoms with Gasteiger partial charge in [0.15, 0.2) is 5.78 Å². The Labute approximate surface area is 200 Å². The molecule has 33 heavy (non-hydrogen) atoms. The molecular formula is C26H35NO5S. The first kappa shape index (κ1) is 26.6. The number of aryl methyl sites for hydroxylation is 2. The highest BCUT2D eigenvalue weighted by atomic mass is 32.1. The zero-order valence-electron chi connectivity index (χ0n) is 20.6. The van der Waals surface area contributed by atoms with E-state index in [1.54, 1.807) is 0 Å². The van der Waals surface area contributed by atoms with Gasteiger partial charge in [0, 0.05) is 15.7 Å². The fraction of sp³-hybridized carbons (Fsp3) is 0.500. The fourth-order valence-corrected chi connectivity index (χ4v) is 5.24. The summed E-state index contributed by atoms with van der Waals surface area (Å²) in [6.07, 6.45) is 1.67. The van der Waals surface area contributed by atoms with Crippen molar-refractivity contribution in [2.24, 2.45) is 5.41 Å². The van der Waals surface area contributed by atoms with E-state index >= 15 is 0 Å². The van der Waals surface area contributed by atoms with Crippen LogP contribution in [0.4, 0.5) is 0 Å². The van der Waals surface area contributed by atoms with E-state index in [4.69, 9.17) is 9.84 Å². The van der Waals surface area contributed by atoms with Crippen LogP contribution in [0.1, 0.15) is 78.7 Å². The van der Waals surface area contributed by atoms with Gasteiger partial charge in [-0.25, -0.2) is 0 Å². The maximum Gasteiger partial charge on any atom is 0.322 e. The molecule has 0 spiro atoms. The Bertz CT molecular complexity index is 1030. The number of carbonyl (C=O) groups is 3. The number of thiophene rings is 1. The molecule has 0 aliphatic heterocycles. The van der Waals surface area contributed by atoms with E-state index in [-0.39, 0.29) is 23.7 Å². The molecule has 1 amide bonds. The van der Waals surface area contributed by atoms with Crippen LogP contribution in [0.25, 0.3) is 0 Å². The number of carboxylic acid groups (broad SMARTS) is 1. The van der Waals surface area contributed by atoms with Gasteiger partial charge in [0.1, 0.15) is 18.9 Å². The Morgan fingerprint density at radius 1 is 1.03 bits per heavy atom. The SMILES string of the molecule is CCC(CC)(c1ccc(OCC(=O)C(C)(C)C)c(C)c1)c1cc(C)c(C(=O)NCC(=O)O)s1. The molecule has 0 saturated carbocycles. The van der Waals surface area contributed by atoms with Crippen LogP contribution in [-0.2, 0) is 15.0 Å². The summed E-state index contributed by atoms with van der Waals surface area (Å²) in [5, 5.41) is 11.3. The first-order valence-electron chi connectivity index (χ1n) is 11.2. The zero-order valence-corrected chi connectivity index (χ0v) is 21.4. The molecule has 1 aromatic heterocycles. The molecular weight excluding hydrogens is 438 g/mol. The zero-order chi connectivity index (χ0) is 25.0. The molecule has 0 saturated heterocycles. The molecule has 1 aromatic carbocycles. The average Bonchev–Trinajstić information content (AvgIpc) is 3.13. The quantitative estimate of drug-likeness (QED) is 0.490. The Morgan fingerprint density at radius 2 is 1.67 bits per heavy atom. The lowest BCUT2D eigenvalue weighted by Crippen LogP contribution is -2.29. The van der Waals surface area contributed by atoms with Gasteiger partial charge in [-0.1, -0.05) is 46.8 Å². The van der Waals surface area contributed by atoms with E-state index in [1.165, 1.54) is 11.3 Å². The van der Waals surface area contributed by atoms with Crippen molar-refractivity contribution in [2.75, 3.05) is 13.2 Å². The third-order valence-corrected chi connectivity index (χ3v) is 7.57. The molecule has 6 nitrogen and oxygen atoms in total. The van der Waals surface area contributed by atoms with Crippen molar-refractivity contribution >= 4 is 29.0 Å². The second-order valence-electron chi connectivity index (χ2n) is 9.43. The summed E-state index contributed by atoms with van der Waals surface area (Å²) in [6.45, 7) is 13.4. The van der Waals surface area contributed by atoms with E-state index in [2.05, 4.69) is 25.2 Å². The van der Waals surface area contributed by atoms with Gasteiger partial charge in [0.05, 0.1) is 4.88 Å². The minimum Gasteiger partial charge on any atom is -0.486 e. The van der Waals surface area contributed by atoms with Crippen LogP contribution in [0, 0.1) is 19.3 Å². The van der Waals surface area contributed by atoms with E-state index in [1.807, 2.05) is 52.8 Å². The van der Waals surface area contributed by atoms with Gasteiger partial charge in [0.2, 0.25) is 0 Å². The fourth-order valence-electron chi connectivity index (χ4n) is 3.80. The molecule has 0 unspecified atom stereocenters. The summed E-state index contributed by atoms with van der Waals surface area (Å²) in [5.74, 6) is -0.703. The number of rotatable bonds is 10. The van der Waals surface area contributed by atoms with E-state index in [0.717, 1.165) is 34.4 Å². The lowest BCUT2D eigenvalue weighted by molar-refractivity contribution is -0.135. The molecule has 2 aromatic rings. The van der Waals surface area contributed by atoms with Gasteiger partial charge in [-0.15, -0.1) is 11.3 Å². The monoisotopic (exact) mass is 473 g/mol. The van der Waals surface area contributed by atoms with Crippen molar-refractivity contribution in [2.45, 2.75) is 66.7 Å². The van der Waals surface area contributed by atoms with E-state index in [9.17, 15) is 14.4 Å². The number of amides is 1. The van der Waals surface area contributed by atoms with Crippen molar-refractivity contribution in [3.8, 4) is 5.75 Å². The topological polar surface area (TPSA) is 92.7 Å². The van der Waals surface area contributed by atoms with Crippen LogP contribution >= 0.6 is 11.3 Å². The Balaban J connectivity index is 2.36. The molecule has 0 bridgehead atoms. The summed E-state index contributed by atoms with van der Waals surface area (Å²) in [4.78, 5) is 37.2. The standard InChI is InChI=1S/C26H35NO5S/c1-8-26(9-2,21-13-17(4)23(33-21)24(31)27-14-22(29)30)18-10-11-19(16(3)12-18)32-15-20(28)25(5,6)7/h10-13H,8-9,14-15H2,1-7H3,(H,27,31)(H,29,30). The minimum atomic E-state index is -1.07. The summed E-state index contributed by atoms with van der Waals surface area (Å²) in [5.41, 5.74) is 2.18. The summed E-state index contributed by atoms with van der Waals surface area (Å²) in [7, 11) is 0. The van der Waals surface area contributed by atoms with Crippen molar-refractivity contribution in [1.82, 2.24) is 5.32 Å². The number of benzene rings is 1. The molecule has 0 aliphatic rings. The number of aliphatic carboxylic acids is 1. The van der Waals surface area contributed by atoms with Gasteiger partial charge in [-0.2, -0.15) is 0 Å². The Hall–Kier alpha value is -2.67. The number of Topliss-reactive ketones (excluding diaryl/α,β-unsaturated/α-hetero) is 1. The van der Waals surface area contributed by atoms with Crippen molar-refractivity contribution in [3.05, 3.63) is 50.7 Å². The molecule has 180 valence electrons. The summed E-state index contributed by atoms with van der Waals surface area (Å²) in [6, 6.07) is 8.09. The van der Waals surface area contributed by atoms with Gasteiger partial charge < -0.3 is 15.2 Å². The van der Waals surface area contributed by atoms with E-state index < -0.39 is 17.9 Å². The first-order valence-corrected chi connectivity index (χ1v) is 12.1. The normalized spacial score (nSPS) is 11.8. The average molecular weight is 474 g/mol. The maximum atomic E-state index is 12.5. The molecule has 0 aliphatic carbocycles.